The maximum absolute atomic E-state index is 12.6. The second-order valence-electron chi connectivity index (χ2n) is 6.18. The molecule has 0 spiro atoms. The van der Waals surface area contributed by atoms with E-state index in [1.165, 1.54) is 5.56 Å². The lowest BCUT2D eigenvalue weighted by molar-refractivity contribution is -0.135. The summed E-state index contributed by atoms with van der Waals surface area (Å²) in [5.41, 5.74) is 1.26. The Morgan fingerprint density at radius 3 is 2.45 bits per heavy atom. The van der Waals surface area contributed by atoms with Crippen LogP contribution in [-0.2, 0) is 14.6 Å². The molecule has 3 rings (SSSR count). The van der Waals surface area contributed by atoms with E-state index < -0.39 is 9.84 Å². The predicted octanol–water partition coefficient (Wildman–Crippen LogP) is 0.637. The van der Waals surface area contributed by atoms with Crippen LogP contribution in [0.5, 0.6) is 0 Å². The minimum absolute atomic E-state index is 0.0558. The van der Waals surface area contributed by atoms with Crippen molar-refractivity contribution < 1.29 is 13.2 Å². The predicted molar refractivity (Wildman–Crippen MR) is 85.4 cm³/mol. The number of rotatable bonds is 2. The van der Waals surface area contributed by atoms with Gasteiger partial charge in [0.1, 0.15) is 0 Å². The molecule has 0 aliphatic carbocycles. The van der Waals surface area contributed by atoms with E-state index in [9.17, 15) is 13.2 Å². The van der Waals surface area contributed by atoms with Crippen LogP contribution < -0.4 is 5.32 Å². The molecule has 1 N–H and O–H groups in total. The van der Waals surface area contributed by atoms with Crippen LogP contribution in [0.4, 0.5) is 0 Å². The lowest BCUT2D eigenvalue weighted by atomic mass is 9.85. The molecule has 2 saturated heterocycles. The Hall–Kier alpha value is -1.40. The molecule has 6 heteroatoms. The molecule has 0 bridgehead atoms. The highest BCUT2D eigenvalue weighted by Crippen LogP contribution is 2.27. The highest BCUT2D eigenvalue weighted by molar-refractivity contribution is 7.91. The molecule has 2 unspecified atom stereocenters. The Kier molecular flexibility index (Phi) is 4.49. The molecule has 0 saturated carbocycles. The average Bonchev–Trinajstić information content (AvgIpc) is 2.55. The Labute approximate surface area is 131 Å². The van der Waals surface area contributed by atoms with Gasteiger partial charge in [0, 0.05) is 26.2 Å². The van der Waals surface area contributed by atoms with E-state index >= 15 is 0 Å². The molecular weight excluding hydrogens is 300 g/mol. The Bertz CT molecular complexity index is 616. The third-order valence-electron chi connectivity index (χ3n) is 4.63. The Morgan fingerprint density at radius 2 is 1.77 bits per heavy atom. The Morgan fingerprint density at radius 1 is 1.09 bits per heavy atom. The summed E-state index contributed by atoms with van der Waals surface area (Å²) >= 11 is 0. The SMILES string of the molecule is O=C(C1CNCC(c2ccccc2)C1)N1CCS(=O)(=O)CC1. The number of piperidine rings is 1. The van der Waals surface area contributed by atoms with Crippen molar-refractivity contribution in [3.8, 4) is 0 Å². The van der Waals surface area contributed by atoms with Gasteiger partial charge in [-0.3, -0.25) is 4.79 Å². The van der Waals surface area contributed by atoms with Crippen LogP contribution in [0.1, 0.15) is 17.9 Å². The Balaban J connectivity index is 1.63. The van der Waals surface area contributed by atoms with Gasteiger partial charge < -0.3 is 10.2 Å². The fourth-order valence-electron chi connectivity index (χ4n) is 3.30. The third kappa shape index (κ3) is 3.50. The molecule has 2 aliphatic heterocycles. The number of hydrogen-bond donors (Lipinski definition) is 1. The summed E-state index contributed by atoms with van der Waals surface area (Å²) in [6, 6.07) is 10.3. The van der Waals surface area contributed by atoms with Gasteiger partial charge in [0.05, 0.1) is 17.4 Å². The van der Waals surface area contributed by atoms with Gasteiger partial charge >= 0.3 is 0 Å². The lowest BCUT2D eigenvalue weighted by Gasteiger charge is -2.35. The minimum atomic E-state index is -2.94. The quantitative estimate of drug-likeness (QED) is 0.868. The molecule has 1 aromatic carbocycles. The molecule has 0 aromatic heterocycles. The van der Waals surface area contributed by atoms with Crippen LogP contribution in [0.3, 0.4) is 0 Å². The van der Waals surface area contributed by atoms with Crippen molar-refractivity contribution in [2.24, 2.45) is 5.92 Å². The van der Waals surface area contributed by atoms with Crippen LogP contribution >= 0.6 is 0 Å². The van der Waals surface area contributed by atoms with Crippen LogP contribution in [0.2, 0.25) is 0 Å². The first-order chi connectivity index (χ1) is 10.6. The third-order valence-corrected chi connectivity index (χ3v) is 6.24. The topological polar surface area (TPSA) is 66.5 Å². The first-order valence-electron chi connectivity index (χ1n) is 7.80. The van der Waals surface area contributed by atoms with Gasteiger partial charge in [-0.05, 0) is 17.9 Å². The van der Waals surface area contributed by atoms with E-state index in [4.69, 9.17) is 0 Å². The van der Waals surface area contributed by atoms with Crippen molar-refractivity contribution in [2.45, 2.75) is 12.3 Å². The van der Waals surface area contributed by atoms with Crippen LogP contribution in [-0.4, -0.2) is 56.9 Å². The summed E-state index contributed by atoms with van der Waals surface area (Å²) < 4.78 is 23.0. The van der Waals surface area contributed by atoms with Crippen molar-refractivity contribution in [3.63, 3.8) is 0 Å². The highest BCUT2D eigenvalue weighted by Gasteiger charge is 2.33. The van der Waals surface area contributed by atoms with E-state index in [1.54, 1.807) is 4.90 Å². The molecular formula is C16H22N2O3S. The zero-order valence-electron chi connectivity index (χ0n) is 12.6. The smallest absolute Gasteiger partial charge is 0.227 e. The van der Waals surface area contributed by atoms with Crippen LogP contribution in [0, 0.1) is 5.92 Å². The van der Waals surface area contributed by atoms with Crippen LogP contribution in [0.15, 0.2) is 30.3 Å². The van der Waals surface area contributed by atoms with Crippen molar-refractivity contribution in [3.05, 3.63) is 35.9 Å². The van der Waals surface area contributed by atoms with Crippen LogP contribution in [0.25, 0.3) is 0 Å². The summed E-state index contributed by atoms with van der Waals surface area (Å²) in [7, 11) is -2.94. The molecule has 5 nitrogen and oxygen atoms in total. The molecule has 2 fully saturated rings. The van der Waals surface area contributed by atoms with Gasteiger partial charge in [-0.15, -0.1) is 0 Å². The molecule has 2 atom stereocenters. The molecule has 2 heterocycles. The normalized spacial score (nSPS) is 28.3. The number of nitrogens with one attached hydrogen (secondary N) is 1. The standard InChI is InChI=1S/C16H22N2O3S/c19-16(18-6-8-22(20,21)9-7-18)15-10-14(11-17-12-15)13-4-2-1-3-5-13/h1-5,14-15,17H,6-12H2. The second kappa shape index (κ2) is 6.38. The summed E-state index contributed by atoms with van der Waals surface area (Å²) in [5.74, 6) is 0.586. The average molecular weight is 322 g/mol. The van der Waals surface area contributed by atoms with E-state index in [2.05, 4.69) is 17.4 Å². The number of carbonyl (C=O) groups excluding carboxylic acids is 1. The number of sulfone groups is 1. The first kappa shape index (κ1) is 15.5. The lowest BCUT2D eigenvalue weighted by Crippen LogP contribution is -2.50. The minimum Gasteiger partial charge on any atom is -0.340 e. The largest absolute Gasteiger partial charge is 0.340 e. The number of hydrogen-bond acceptors (Lipinski definition) is 4. The van der Waals surface area contributed by atoms with Crippen molar-refractivity contribution in [1.29, 1.82) is 0 Å². The molecule has 1 amide bonds. The molecule has 0 radical (unpaired) electrons. The van der Waals surface area contributed by atoms with Crippen molar-refractivity contribution >= 4 is 15.7 Å². The summed E-state index contributed by atoms with van der Waals surface area (Å²) in [6.45, 7) is 2.26. The van der Waals surface area contributed by atoms with Gasteiger partial charge in [0.25, 0.3) is 0 Å². The number of carbonyl (C=O) groups is 1. The van der Waals surface area contributed by atoms with Gasteiger partial charge in [0.15, 0.2) is 9.84 Å². The van der Waals surface area contributed by atoms with Crippen molar-refractivity contribution in [2.75, 3.05) is 37.7 Å². The molecule has 120 valence electrons. The fourth-order valence-corrected chi connectivity index (χ4v) is 4.50. The molecule has 22 heavy (non-hydrogen) atoms. The van der Waals surface area contributed by atoms with E-state index in [0.717, 1.165) is 13.0 Å². The van der Waals surface area contributed by atoms with Gasteiger partial charge in [-0.25, -0.2) is 8.42 Å². The summed E-state index contributed by atoms with van der Waals surface area (Å²) in [5, 5.41) is 3.35. The number of nitrogens with zero attached hydrogens (tertiary/aromatic N) is 1. The van der Waals surface area contributed by atoms with E-state index in [0.29, 0.717) is 25.6 Å². The zero-order valence-corrected chi connectivity index (χ0v) is 13.4. The maximum Gasteiger partial charge on any atom is 0.227 e. The summed E-state index contributed by atoms with van der Waals surface area (Å²) in [4.78, 5) is 14.4. The van der Waals surface area contributed by atoms with Gasteiger partial charge in [0.2, 0.25) is 5.91 Å². The maximum atomic E-state index is 12.6. The zero-order chi connectivity index (χ0) is 15.6. The fraction of sp³-hybridized carbons (Fsp3) is 0.562. The first-order valence-corrected chi connectivity index (χ1v) is 9.62. The monoisotopic (exact) mass is 322 g/mol. The molecule has 2 aliphatic rings. The van der Waals surface area contributed by atoms with Crippen molar-refractivity contribution in [1.82, 2.24) is 10.2 Å². The molecule has 1 aromatic rings. The van der Waals surface area contributed by atoms with Gasteiger partial charge in [-0.1, -0.05) is 30.3 Å². The van der Waals surface area contributed by atoms with E-state index in [-0.39, 0.29) is 23.3 Å². The number of amides is 1. The van der Waals surface area contributed by atoms with E-state index in [1.807, 2.05) is 18.2 Å². The number of benzene rings is 1. The van der Waals surface area contributed by atoms with Gasteiger partial charge in [-0.2, -0.15) is 0 Å². The highest BCUT2D eigenvalue weighted by atomic mass is 32.2. The second-order valence-corrected chi connectivity index (χ2v) is 8.48. The summed E-state index contributed by atoms with van der Waals surface area (Å²) in [6.07, 6.45) is 0.832.